The SMILES string of the molecule is CC(=O)COC(=O)Cc1ccc([N+](=O)[O-])cc1. The summed E-state index contributed by atoms with van der Waals surface area (Å²) in [5.41, 5.74) is 0.565. The van der Waals surface area contributed by atoms with Crippen molar-refractivity contribution in [3.8, 4) is 0 Å². The third kappa shape index (κ3) is 4.42. The van der Waals surface area contributed by atoms with Crippen molar-refractivity contribution in [2.45, 2.75) is 13.3 Å². The highest BCUT2D eigenvalue weighted by Gasteiger charge is 2.08. The number of rotatable bonds is 5. The summed E-state index contributed by atoms with van der Waals surface area (Å²) < 4.78 is 4.66. The molecule has 0 aliphatic carbocycles. The first-order valence-corrected chi connectivity index (χ1v) is 4.87. The van der Waals surface area contributed by atoms with Gasteiger partial charge in [0.2, 0.25) is 0 Å². The van der Waals surface area contributed by atoms with Gasteiger partial charge < -0.3 is 4.74 Å². The van der Waals surface area contributed by atoms with Gasteiger partial charge >= 0.3 is 5.97 Å². The largest absolute Gasteiger partial charge is 0.457 e. The summed E-state index contributed by atoms with van der Waals surface area (Å²) in [6.45, 7) is 1.07. The van der Waals surface area contributed by atoms with Crippen LogP contribution in [0.1, 0.15) is 12.5 Å². The zero-order valence-electron chi connectivity index (χ0n) is 9.21. The molecule has 0 aliphatic heterocycles. The van der Waals surface area contributed by atoms with E-state index in [2.05, 4.69) is 4.74 Å². The van der Waals surface area contributed by atoms with Crippen molar-refractivity contribution in [2.24, 2.45) is 0 Å². The normalized spacial score (nSPS) is 9.71. The summed E-state index contributed by atoms with van der Waals surface area (Å²) in [7, 11) is 0. The van der Waals surface area contributed by atoms with E-state index in [0.29, 0.717) is 5.56 Å². The van der Waals surface area contributed by atoms with Crippen LogP contribution in [0.2, 0.25) is 0 Å². The maximum atomic E-state index is 11.2. The van der Waals surface area contributed by atoms with Crippen LogP contribution >= 0.6 is 0 Å². The Hall–Kier alpha value is -2.24. The number of carbonyl (C=O) groups excluding carboxylic acids is 2. The summed E-state index contributed by atoms with van der Waals surface area (Å²) in [6.07, 6.45) is -0.00866. The fourth-order valence-electron chi connectivity index (χ4n) is 1.14. The molecule has 1 rings (SSSR count). The molecule has 0 heterocycles. The third-order valence-electron chi connectivity index (χ3n) is 1.93. The van der Waals surface area contributed by atoms with Gasteiger partial charge in [0.15, 0.2) is 5.78 Å². The zero-order valence-corrected chi connectivity index (χ0v) is 9.21. The molecule has 0 radical (unpaired) electrons. The lowest BCUT2D eigenvalue weighted by Crippen LogP contribution is -2.13. The maximum absolute atomic E-state index is 11.2. The monoisotopic (exact) mass is 237 g/mol. The molecule has 0 aromatic heterocycles. The number of nitro benzene ring substituents is 1. The molecule has 1 aromatic carbocycles. The zero-order chi connectivity index (χ0) is 12.8. The van der Waals surface area contributed by atoms with Gasteiger partial charge in [-0.1, -0.05) is 12.1 Å². The summed E-state index contributed by atoms with van der Waals surface area (Å²) in [5, 5.41) is 10.4. The molecule has 0 spiro atoms. The Morgan fingerprint density at radius 2 is 1.88 bits per heavy atom. The van der Waals surface area contributed by atoms with Crippen molar-refractivity contribution >= 4 is 17.4 Å². The molecule has 0 saturated carbocycles. The number of hydrogen-bond donors (Lipinski definition) is 0. The van der Waals surface area contributed by atoms with Crippen LogP contribution in [0, 0.1) is 10.1 Å². The van der Waals surface area contributed by atoms with Crippen molar-refractivity contribution in [1.29, 1.82) is 0 Å². The Bertz CT molecular complexity index is 438. The van der Waals surface area contributed by atoms with Crippen LogP contribution < -0.4 is 0 Å². The van der Waals surface area contributed by atoms with Crippen molar-refractivity contribution < 1.29 is 19.2 Å². The first kappa shape index (κ1) is 12.8. The predicted octanol–water partition coefficient (Wildman–Crippen LogP) is 1.27. The number of esters is 1. The average molecular weight is 237 g/mol. The maximum Gasteiger partial charge on any atom is 0.310 e. The van der Waals surface area contributed by atoms with Crippen LogP contribution in [0.4, 0.5) is 5.69 Å². The van der Waals surface area contributed by atoms with E-state index in [4.69, 9.17) is 0 Å². The number of hydrogen-bond acceptors (Lipinski definition) is 5. The quantitative estimate of drug-likeness (QED) is 0.437. The topological polar surface area (TPSA) is 86.5 Å². The summed E-state index contributed by atoms with van der Waals surface area (Å²) in [6, 6.07) is 5.58. The lowest BCUT2D eigenvalue weighted by Gasteiger charge is -2.02. The molecule has 0 amide bonds. The Morgan fingerprint density at radius 3 is 2.35 bits per heavy atom. The summed E-state index contributed by atoms with van der Waals surface area (Å²) >= 11 is 0. The lowest BCUT2D eigenvalue weighted by molar-refractivity contribution is -0.384. The Kier molecular flexibility index (Phi) is 4.33. The van der Waals surface area contributed by atoms with Gasteiger partial charge in [0.1, 0.15) is 6.61 Å². The molecule has 0 unspecified atom stereocenters. The predicted molar refractivity (Wildman–Crippen MR) is 58.4 cm³/mol. The number of carbonyl (C=O) groups is 2. The molecule has 1 aromatic rings. The minimum Gasteiger partial charge on any atom is -0.457 e. The van der Waals surface area contributed by atoms with Crippen LogP contribution in [-0.2, 0) is 20.7 Å². The van der Waals surface area contributed by atoms with Crippen molar-refractivity contribution in [3.05, 3.63) is 39.9 Å². The van der Waals surface area contributed by atoms with E-state index >= 15 is 0 Å². The first-order valence-electron chi connectivity index (χ1n) is 4.87. The second-order valence-corrected chi connectivity index (χ2v) is 3.46. The molecule has 6 heteroatoms. The molecular formula is C11H11NO5. The number of benzene rings is 1. The Balaban J connectivity index is 2.54. The fraction of sp³-hybridized carbons (Fsp3) is 0.273. The highest BCUT2D eigenvalue weighted by molar-refractivity contribution is 5.80. The summed E-state index contributed by atoms with van der Waals surface area (Å²) in [4.78, 5) is 31.7. The molecule has 0 N–H and O–H groups in total. The van der Waals surface area contributed by atoms with E-state index in [1.807, 2.05) is 0 Å². The van der Waals surface area contributed by atoms with Crippen LogP contribution in [0.15, 0.2) is 24.3 Å². The number of Topliss-reactive ketones (excluding diaryl/α,β-unsaturated/α-hetero) is 1. The van der Waals surface area contributed by atoms with Gasteiger partial charge in [-0.15, -0.1) is 0 Å². The number of ether oxygens (including phenoxy) is 1. The van der Waals surface area contributed by atoms with Gasteiger partial charge in [0, 0.05) is 12.1 Å². The van der Waals surface area contributed by atoms with Crippen LogP contribution in [-0.4, -0.2) is 23.3 Å². The molecular weight excluding hydrogens is 226 g/mol. The van der Waals surface area contributed by atoms with Gasteiger partial charge in [0.25, 0.3) is 5.69 Å². The third-order valence-corrected chi connectivity index (χ3v) is 1.93. The minimum atomic E-state index is -0.533. The molecule has 17 heavy (non-hydrogen) atoms. The molecule has 0 saturated heterocycles. The second-order valence-electron chi connectivity index (χ2n) is 3.46. The number of non-ortho nitro benzene ring substituents is 1. The summed E-state index contributed by atoms with van der Waals surface area (Å²) in [5.74, 6) is -0.767. The van der Waals surface area contributed by atoms with Crippen molar-refractivity contribution in [2.75, 3.05) is 6.61 Å². The van der Waals surface area contributed by atoms with E-state index in [-0.39, 0.29) is 24.5 Å². The Morgan fingerprint density at radius 1 is 1.29 bits per heavy atom. The highest BCUT2D eigenvalue weighted by Crippen LogP contribution is 2.12. The van der Waals surface area contributed by atoms with E-state index < -0.39 is 10.9 Å². The smallest absolute Gasteiger partial charge is 0.310 e. The van der Waals surface area contributed by atoms with E-state index in [1.54, 1.807) is 0 Å². The fourth-order valence-corrected chi connectivity index (χ4v) is 1.14. The van der Waals surface area contributed by atoms with Gasteiger partial charge in [-0.25, -0.2) is 0 Å². The molecule has 0 fully saturated rings. The lowest BCUT2D eigenvalue weighted by atomic mass is 10.1. The first-order chi connectivity index (χ1) is 7.99. The van der Waals surface area contributed by atoms with E-state index in [9.17, 15) is 19.7 Å². The molecule has 0 bridgehead atoms. The molecule has 0 aliphatic rings. The van der Waals surface area contributed by atoms with Gasteiger partial charge in [-0.3, -0.25) is 19.7 Å². The average Bonchev–Trinajstić information content (AvgIpc) is 2.27. The molecule has 90 valence electrons. The molecule has 0 atom stereocenters. The van der Waals surface area contributed by atoms with E-state index in [0.717, 1.165) is 0 Å². The van der Waals surface area contributed by atoms with Crippen LogP contribution in [0.5, 0.6) is 0 Å². The minimum absolute atomic E-state index is 0.00866. The van der Waals surface area contributed by atoms with Gasteiger partial charge in [0.05, 0.1) is 11.3 Å². The Labute approximate surface area is 97.3 Å². The van der Waals surface area contributed by atoms with Crippen molar-refractivity contribution in [1.82, 2.24) is 0 Å². The second kappa shape index (κ2) is 5.74. The number of nitrogens with zero attached hydrogens (tertiary/aromatic N) is 1. The van der Waals surface area contributed by atoms with E-state index in [1.165, 1.54) is 31.2 Å². The number of nitro groups is 1. The number of ketones is 1. The molecule has 6 nitrogen and oxygen atoms in total. The van der Waals surface area contributed by atoms with Gasteiger partial charge in [-0.05, 0) is 12.5 Å². The van der Waals surface area contributed by atoms with Crippen molar-refractivity contribution in [3.63, 3.8) is 0 Å². The highest BCUT2D eigenvalue weighted by atomic mass is 16.6. The van der Waals surface area contributed by atoms with Crippen LogP contribution in [0.3, 0.4) is 0 Å². The standard InChI is InChI=1S/C11H11NO5/c1-8(13)7-17-11(14)6-9-2-4-10(5-3-9)12(15)16/h2-5H,6-7H2,1H3. The van der Waals surface area contributed by atoms with Gasteiger partial charge in [-0.2, -0.15) is 0 Å². The van der Waals surface area contributed by atoms with Crippen LogP contribution in [0.25, 0.3) is 0 Å².